The van der Waals surface area contributed by atoms with Gasteiger partial charge >= 0.3 is 0 Å². The molecular weight excluding hydrogens is 398 g/mol. The van der Waals surface area contributed by atoms with Crippen LogP contribution in [0.5, 0.6) is 0 Å². The Labute approximate surface area is 190 Å². The van der Waals surface area contributed by atoms with Crippen molar-refractivity contribution in [1.82, 2.24) is 0 Å². The van der Waals surface area contributed by atoms with E-state index in [1.165, 1.54) is 103 Å². The zero-order valence-electron chi connectivity index (χ0n) is 19.8. The fraction of sp³-hybridized carbons (Fsp3) is 0.958. The second-order valence-corrected chi connectivity index (χ2v) is 8.45. The maximum atomic E-state index is 9.90. The van der Waals surface area contributed by atoms with Crippen LogP contribution in [0.25, 0.3) is 0 Å². The van der Waals surface area contributed by atoms with Gasteiger partial charge in [0, 0.05) is 0 Å². The Hall–Kier alpha value is -0.570. The monoisotopic (exact) mass is 449 g/mol. The van der Waals surface area contributed by atoms with Crippen LogP contribution in [0.2, 0.25) is 0 Å². The summed E-state index contributed by atoms with van der Waals surface area (Å²) in [5.74, 6) is 0. The van der Waals surface area contributed by atoms with E-state index in [1.807, 2.05) is 0 Å². The van der Waals surface area contributed by atoms with Crippen LogP contribution in [0.4, 0.5) is 0 Å². The van der Waals surface area contributed by atoms with Crippen molar-refractivity contribution in [3.8, 4) is 0 Å². The maximum Gasteiger partial charge on any atom is 0.151 e. The van der Waals surface area contributed by atoms with Crippen molar-refractivity contribution in [3.05, 3.63) is 0 Å². The molecule has 0 rings (SSSR count). The van der Waals surface area contributed by atoms with Crippen LogP contribution in [0.3, 0.4) is 0 Å². The molecule has 0 aliphatic rings. The second kappa shape index (κ2) is 25.7. The number of hydrogen-bond donors (Lipinski definition) is 6. The van der Waals surface area contributed by atoms with Crippen LogP contribution in [0.15, 0.2) is 0 Å². The molecule has 0 aliphatic heterocycles. The van der Waals surface area contributed by atoms with Gasteiger partial charge in [-0.15, -0.1) is 0 Å². The minimum atomic E-state index is -1.79. The van der Waals surface area contributed by atoms with Gasteiger partial charge in [0.05, 0.1) is 6.61 Å². The summed E-state index contributed by atoms with van der Waals surface area (Å²) in [6.45, 7) is 2.40. The van der Waals surface area contributed by atoms with Gasteiger partial charge in [-0.25, -0.2) is 0 Å². The Kier molecular flexibility index (Phi) is 27.0. The van der Waals surface area contributed by atoms with Crippen LogP contribution in [0, 0.1) is 0 Å². The average Bonchev–Trinajstić information content (AvgIpc) is 2.79. The summed E-state index contributed by atoms with van der Waals surface area (Å²) in [7, 11) is 0. The Morgan fingerprint density at radius 3 is 1.29 bits per heavy atom. The molecule has 188 valence electrons. The van der Waals surface area contributed by atoms with Crippen LogP contribution in [-0.4, -0.2) is 69.4 Å². The fourth-order valence-corrected chi connectivity index (χ4v) is 3.31. The molecule has 0 aromatic carbocycles. The normalized spacial score (nSPS) is 14.9. The number of carbonyl (C=O) groups excluding carboxylic acids is 1. The quantitative estimate of drug-likeness (QED) is 0.117. The Bertz CT molecular complexity index is 343. The highest BCUT2D eigenvalue weighted by molar-refractivity contribution is 5.56. The SMILES string of the molecule is CCCCCCCCCCCCCCCCCCN.O=C[C@@H](O)[C@@H](O)[C@H](O)[C@H](O)CO. The van der Waals surface area contributed by atoms with E-state index < -0.39 is 31.0 Å². The molecule has 0 saturated carbocycles. The van der Waals surface area contributed by atoms with Gasteiger partial charge in [-0.1, -0.05) is 103 Å². The summed E-state index contributed by atoms with van der Waals surface area (Å²) in [5, 5.41) is 43.5. The minimum absolute atomic E-state index is 0.0258. The molecule has 0 fully saturated rings. The second-order valence-electron chi connectivity index (χ2n) is 8.45. The van der Waals surface area contributed by atoms with Crippen LogP contribution in [-0.2, 0) is 4.79 Å². The molecule has 7 N–H and O–H groups in total. The topological polar surface area (TPSA) is 144 Å². The van der Waals surface area contributed by atoms with Crippen LogP contribution >= 0.6 is 0 Å². The lowest BCUT2D eigenvalue weighted by atomic mass is 10.0. The number of carbonyl (C=O) groups is 1. The molecule has 0 saturated heterocycles. The highest BCUT2D eigenvalue weighted by Crippen LogP contribution is 2.13. The zero-order valence-corrected chi connectivity index (χ0v) is 19.8. The number of nitrogens with two attached hydrogens (primary N) is 1. The molecule has 7 nitrogen and oxygen atoms in total. The molecule has 4 atom stereocenters. The molecular formula is C24H51NO6. The van der Waals surface area contributed by atoms with E-state index in [-0.39, 0.29) is 6.29 Å². The summed E-state index contributed by atoms with van der Waals surface area (Å²) >= 11 is 0. The third kappa shape index (κ3) is 22.4. The predicted octanol–water partition coefficient (Wildman–Crippen LogP) is 2.83. The van der Waals surface area contributed by atoms with Gasteiger partial charge in [0.25, 0.3) is 0 Å². The first-order chi connectivity index (χ1) is 15.0. The van der Waals surface area contributed by atoms with Gasteiger partial charge in [-0.2, -0.15) is 0 Å². The Morgan fingerprint density at radius 1 is 0.645 bits per heavy atom. The smallest absolute Gasteiger partial charge is 0.151 e. The number of rotatable bonds is 21. The first kappa shape index (κ1) is 32.6. The Balaban J connectivity index is 0. The van der Waals surface area contributed by atoms with E-state index in [0.717, 1.165) is 6.54 Å². The molecule has 0 unspecified atom stereocenters. The van der Waals surface area contributed by atoms with Gasteiger partial charge in [-0.05, 0) is 13.0 Å². The van der Waals surface area contributed by atoms with Crippen LogP contribution in [0.1, 0.15) is 110 Å². The standard InChI is InChI=1S/C18H39N.C6H12O6/c1-2-3-4-5-6-7-8-9-10-11-12-13-14-15-16-17-18-19;7-1-3(9)5(11)6(12)4(10)2-8/h2-19H2,1H3;1,3-6,8-12H,2H2/t;3-,4-,5-,6-/m.1/s1. The molecule has 0 aliphatic carbocycles. The van der Waals surface area contributed by atoms with Crippen molar-refractivity contribution in [1.29, 1.82) is 0 Å². The van der Waals surface area contributed by atoms with E-state index in [2.05, 4.69) is 6.92 Å². The van der Waals surface area contributed by atoms with Crippen molar-refractivity contribution < 1.29 is 30.3 Å². The van der Waals surface area contributed by atoms with Crippen molar-refractivity contribution in [2.45, 2.75) is 134 Å². The summed E-state index contributed by atoms with van der Waals surface area (Å²) in [4.78, 5) is 9.90. The zero-order chi connectivity index (χ0) is 23.7. The number of hydrogen-bond acceptors (Lipinski definition) is 7. The van der Waals surface area contributed by atoms with Gasteiger partial charge in [-0.3, -0.25) is 0 Å². The van der Waals surface area contributed by atoms with Crippen molar-refractivity contribution in [2.75, 3.05) is 13.2 Å². The van der Waals surface area contributed by atoms with Crippen molar-refractivity contribution in [2.24, 2.45) is 5.73 Å². The molecule has 0 spiro atoms. The highest BCUT2D eigenvalue weighted by atomic mass is 16.4. The van der Waals surface area contributed by atoms with E-state index >= 15 is 0 Å². The highest BCUT2D eigenvalue weighted by Gasteiger charge is 2.29. The molecule has 0 aromatic heterocycles. The van der Waals surface area contributed by atoms with E-state index in [4.69, 9.17) is 31.3 Å². The minimum Gasteiger partial charge on any atom is -0.394 e. The van der Waals surface area contributed by atoms with E-state index in [0.29, 0.717) is 0 Å². The molecule has 31 heavy (non-hydrogen) atoms. The molecule has 0 aromatic rings. The predicted molar refractivity (Wildman–Crippen MR) is 126 cm³/mol. The third-order valence-electron chi connectivity index (χ3n) is 5.48. The summed E-state index contributed by atoms with van der Waals surface area (Å²) in [6.07, 6.45) is 16.0. The summed E-state index contributed by atoms with van der Waals surface area (Å²) < 4.78 is 0. The molecule has 0 radical (unpaired) electrons. The molecule has 0 bridgehead atoms. The largest absolute Gasteiger partial charge is 0.394 e. The number of aldehydes is 1. The Morgan fingerprint density at radius 2 is 1.00 bits per heavy atom. The molecule has 0 heterocycles. The van der Waals surface area contributed by atoms with E-state index in [9.17, 15) is 4.79 Å². The van der Waals surface area contributed by atoms with Gasteiger partial charge in [0.15, 0.2) is 6.29 Å². The van der Waals surface area contributed by atoms with Crippen molar-refractivity contribution >= 4 is 6.29 Å². The van der Waals surface area contributed by atoms with Gasteiger partial charge in [0.1, 0.15) is 24.4 Å². The molecule has 7 heteroatoms. The van der Waals surface area contributed by atoms with Crippen LogP contribution < -0.4 is 5.73 Å². The maximum absolute atomic E-state index is 9.90. The first-order valence-electron chi connectivity index (χ1n) is 12.4. The van der Waals surface area contributed by atoms with Gasteiger partial charge < -0.3 is 36.1 Å². The van der Waals surface area contributed by atoms with Crippen molar-refractivity contribution in [3.63, 3.8) is 0 Å². The molecule has 0 amide bonds. The van der Waals surface area contributed by atoms with Gasteiger partial charge in [0.2, 0.25) is 0 Å². The third-order valence-corrected chi connectivity index (χ3v) is 5.48. The number of aliphatic hydroxyl groups is 5. The lowest BCUT2D eigenvalue weighted by Gasteiger charge is -2.22. The summed E-state index contributed by atoms with van der Waals surface area (Å²) in [6, 6.07) is 0. The lowest BCUT2D eigenvalue weighted by Crippen LogP contribution is -2.46. The number of aliphatic hydroxyl groups excluding tert-OH is 5. The van der Waals surface area contributed by atoms with E-state index in [1.54, 1.807) is 0 Å². The number of unbranched alkanes of at least 4 members (excludes halogenated alkanes) is 15. The summed E-state index contributed by atoms with van der Waals surface area (Å²) in [5.41, 5.74) is 5.48. The average molecular weight is 450 g/mol. The fourth-order valence-electron chi connectivity index (χ4n) is 3.31. The lowest BCUT2D eigenvalue weighted by molar-refractivity contribution is -0.136. The first-order valence-corrected chi connectivity index (χ1v) is 12.4.